The number of likely N-dealkylation sites (tertiary alicyclic amines) is 1. The van der Waals surface area contributed by atoms with E-state index in [4.69, 9.17) is 10.2 Å². The minimum absolute atomic E-state index is 0.0207. The minimum Gasteiger partial charge on any atom is -0.335 e. The van der Waals surface area contributed by atoms with Gasteiger partial charge < -0.3 is 5.32 Å². The van der Waals surface area contributed by atoms with Crippen LogP contribution in [0.15, 0.2) is 36.4 Å². The molecule has 0 bridgehead atoms. The highest BCUT2D eigenvalue weighted by Gasteiger charge is 2.40. The topological polar surface area (TPSA) is 72.3 Å². The fourth-order valence-electron chi connectivity index (χ4n) is 4.49. The largest absolute Gasteiger partial charge is 0.335 e. The Kier molecular flexibility index (Phi) is 5.48. The van der Waals surface area contributed by atoms with Gasteiger partial charge in [-0.15, -0.1) is 0 Å². The average molecular weight is 404 g/mol. The van der Waals surface area contributed by atoms with Crippen LogP contribution >= 0.6 is 0 Å². The molecule has 6 heteroatoms. The van der Waals surface area contributed by atoms with Gasteiger partial charge in [0.25, 0.3) is 0 Å². The highest BCUT2D eigenvalue weighted by Crippen LogP contribution is 2.39. The molecule has 6 nitrogen and oxygen atoms in total. The Morgan fingerprint density at radius 3 is 2.77 bits per heavy atom. The molecule has 2 aliphatic rings. The molecule has 0 atom stereocenters. The summed E-state index contributed by atoms with van der Waals surface area (Å²) in [5.74, 6) is 0. The van der Waals surface area contributed by atoms with Gasteiger partial charge in [-0.05, 0) is 49.6 Å². The van der Waals surface area contributed by atoms with E-state index in [1.807, 2.05) is 42.2 Å². The molecule has 1 fully saturated rings. The number of rotatable bonds is 3. The number of fused-ring (bicyclic) bond motifs is 1. The number of hydrogen-bond donors (Lipinski definition) is 1. The van der Waals surface area contributed by atoms with Crippen LogP contribution in [-0.4, -0.2) is 41.6 Å². The molecule has 3 heterocycles. The number of piperidine rings is 1. The van der Waals surface area contributed by atoms with Crippen molar-refractivity contribution in [2.24, 2.45) is 0 Å². The maximum Gasteiger partial charge on any atom is 0.322 e. The van der Waals surface area contributed by atoms with E-state index in [2.05, 4.69) is 36.2 Å². The number of anilines is 1. The van der Waals surface area contributed by atoms with Gasteiger partial charge in [-0.1, -0.05) is 26.0 Å². The van der Waals surface area contributed by atoms with Gasteiger partial charge in [0.05, 0.1) is 23.0 Å². The Hall–Kier alpha value is -2.91. The smallest absolute Gasteiger partial charge is 0.322 e. The number of hydrogen-bond acceptors (Lipinski definition) is 4. The van der Waals surface area contributed by atoms with Gasteiger partial charge in [0.15, 0.2) is 0 Å². The van der Waals surface area contributed by atoms with E-state index in [-0.39, 0.29) is 17.5 Å². The second kappa shape index (κ2) is 8.08. The molecule has 2 aromatic rings. The van der Waals surface area contributed by atoms with E-state index in [1.165, 1.54) is 0 Å². The van der Waals surface area contributed by atoms with E-state index in [9.17, 15) is 4.79 Å². The van der Waals surface area contributed by atoms with Crippen LogP contribution in [0.2, 0.25) is 0 Å². The Morgan fingerprint density at radius 2 is 2.03 bits per heavy atom. The third-order valence-corrected chi connectivity index (χ3v) is 6.12. The number of nitriles is 1. The maximum atomic E-state index is 13.0. The van der Waals surface area contributed by atoms with Crippen molar-refractivity contribution in [3.05, 3.63) is 58.9 Å². The van der Waals surface area contributed by atoms with Crippen LogP contribution in [0.3, 0.4) is 0 Å². The van der Waals surface area contributed by atoms with Crippen molar-refractivity contribution in [3.63, 3.8) is 0 Å². The van der Waals surface area contributed by atoms with E-state index in [0.717, 1.165) is 55.1 Å². The first-order chi connectivity index (χ1) is 14.4. The average Bonchev–Trinajstić information content (AvgIpc) is 3.00. The molecule has 0 radical (unpaired) electrons. The lowest BCUT2D eigenvalue weighted by Gasteiger charge is -2.33. The van der Waals surface area contributed by atoms with Gasteiger partial charge in [-0.25, -0.2) is 4.79 Å². The fraction of sp³-hybridized carbons (Fsp3) is 0.458. The Bertz CT molecular complexity index is 985. The van der Waals surface area contributed by atoms with Crippen LogP contribution in [0.1, 0.15) is 49.2 Å². The number of aryl methyl sites for hydroxylation is 1. The van der Waals surface area contributed by atoms with E-state index in [0.29, 0.717) is 12.1 Å². The van der Waals surface area contributed by atoms with Crippen LogP contribution in [0.25, 0.3) is 0 Å². The zero-order chi connectivity index (χ0) is 21.3. The lowest BCUT2D eigenvalue weighted by atomic mass is 9.91. The van der Waals surface area contributed by atoms with E-state index < -0.39 is 0 Å². The van der Waals surface area contributed by atoms with Gasteiger partial charge in [-0.3, -0.25) is 14.8 Å². The van der Waals surface area contributed by atoms with Crippen molar-refractivity contribution in [2.45, 2.75) is 51.6 Å². The van der Waals surface area contributed by atoms with Crippen molar-refractivity contribution in [3.8, 4) is 6.07 Å². The third-order valence-electron chi connectivity index (χ3n) is 6.12. The number of pyridine rings is 1. The van der Waals surface area contributed by atoms with Crippen molar-refractivity contribution < 1.29 is 4.79 Å². The fourth-order valence-corrected chi connectivity index (χ4v) is 4.49. The summed E-state index contributed by atoms with van der Waals surface area (Å²) >= 11 is 0. The molecule has 30 heavy (non-hydrogen) atoms. The Balaban J connectivity index is 1.33. The summed E-state index contributed by atoms with van der Waals surface area (Å²) in [4.78, 5) is 22.0. The number of amides is 2. The molecule has 1 aromatic heterocycles. The SMILES string of the molecule is Cc1ccc2c(n1)C(C)(C)CN2C(=O)NC1CCN(Cc2cccc(C#N)c2)CC1. The molecule has 1 N–H and O–H groups in total. The molecule has 2 amide bonds. The van der Waals surface area contributed by atoms with Crippen LogP contribution in [-0.2, 0) is 12.0 Å². The summed E-state index contributed by atoms with van der Waals surface area (Å²) in [5, 5.41) is 12.3. The number of nitrogens with zero attached hydrogens (tertiary/aromatic N) is 4. The van der Waals surface area contributed by atoms with Gasteiger partial charge in [0, 0.05) is 43.3 Å². The normalized spacial score (nSPS) is 18.7. The Labute approximate surface area is 178 Å². The quantitative estimate of drug-likeness (QED) is 0.848. The van der Waals surface area contributed by atoms with Crippen LogP contribution in [0, 0.1) is 18.3 Å². The first kappa shape index (κ1) is 20.4. The standard InChI is InChI=1S/C24H29N5O/c1-17-7-8-21-22(26-17)24(2,3)16-29(21)23(30)27-20-9-11-28(12-10-20)15-19-6-4-5-18(13-19)14-25/h4-8,13,20H,9-12,15-16H2,1-3H3,(H,27,30). The van der Waals surface area contributed by atoms with Crippen LogP contribution < -0.4 is 10.2 Å². The molecule has 156 valence electrons. The summed E-state index contributed by atoms with van der Waals surface area (Å²) in [6, 6.07) is 14.1. The Morgan fingerprint density at radius 1 is 1.27 bits per heavy atom. The molecule has 0 saturated carbocycles. The maximum absolute atomic E-state index is 13.0. The van der Waals surface area contributed by atoms with Gasteiger partial charge in [0.2, 0.25) is 0 Å². The van der Waals surface area contributed by atoms with E-state index >= 15 is 0 Å². The zero-order valence-electron chi connectivity index (χ0n) is 18.0. The zero-order valence-corrected chi connectivity index (χ0v) is 18.0. The minimum atomic E-state index is -0.139. The molecule has 4 rings (SSSR count). The molecule has 0 spiro atoms. The summed E-state index contributed by atoms with van der Waals surface area (Å²) in [6.45, 7) is 9.64. The van der Waals surface area contributed by atoms with Crippen molar-refractivity contribution in [2.75, 3.05) is 24.5 Å². The first-order valence-electron chi connectivity index (χ1n) is 10.6. The molecular weight excluding hydrogens is 374 g/mol. The second-order valence-electron chi connectivity index (χ2n) is 9.10. The number of urea groups is 1. The number of benzene rings is 1. The molecular formula is C24H29N5O. The predicted octanol–water partition coefficient (Wildman–Crippen LogP) is 3.73. The summed E-state index contributed by atoms with van der Waals surface area (Å²) in [5.41, 5.74) is 4.64. The first-order valence-corrected chi connectivity index (χ1v) is 10.6. The number of nitrogens with one attached hydrogen (secondary N) is 1. The number of carbonyl (C=O) groups excluding carboxylic acids is 1. The van der Waals surface area contributed by atoms with Crippen LogP contribution in [0.4, 0.5) is 10.5 Å². The number of carbonyl (C=O) groups is 1. The van der Waals surface area contributed by atoms with Crippen molar-refractivity contribution in [1.82, 2.24) is 15.2 Å². The third kappa shape index (κ3) is 4.17. The van der Waals surface area contributed by atoms with Crippen LogP contribution in [0.5, 0.6) is 0 Å². The number of aromatic nitrogens is 1. The summed E-state index contributed by atoms with van der Waals surface area (Å²) < 4.78 is 0. The summed E-state index contributed by atoms with van der Waals surface area (Å²) in [6.07, 6.45) is 1.86. The molecule has 0 aliphatic carbocycles. The monoisotopic (exact) mass is 403 g/mol. The molecule has 1 aromatic carbocycles. The molecule has 0 unspecified atom stereocenters. The summed E-state index contributed by atoms with van der Waals surface area (Å²) in [7, 11) is 0. The molecule has 2 aliphatic heterocycles. The van der Waals surface area contributed by atoms with Gasteiger partial charge >= 0.3 is 6.03 Å². The molecule has 1 saturated heterocycles. The highest BCUT2D eigenvalue weighted by atomic mass is 16.2. The second-order valence-corrected chi connectivity index (χ2v) is 9.10. The predicted molar refractivity (Wildman–Crippen MR) is 117 cm³/mol. The highest BCUT2D eigenvalue weighted by molar-refractivity contribution is 5.94. The van der Waals surface area contributed by atoms with Gasteiger partial charge in [0.1, 0.15) is 0 Å². The van der Waals surface area contributed by atoms with Crippen molar-refractivity contribution in [1.29, 1.82) is 5.26 Å². The lowest BCUT2D eigenvalue weighted by molar-refractivity contribution is 0.188. The van der Waals surface area contributed by atoms with E-state index in [1.54, 1.807) is 0 Å². The van der Waals surface area contributed by atoms with Gasteiger partial charge in [-0.2, -0.15) is 5.26 Å². The van der Waals surface area contributed by atoms with Crippen molar-refractivity contribution >= 4 is 11.7 Å². The lowest BCUT2D eigenvalue weighted by Crippen LogP contribution is -2.49.